The number of hydrogen-bond acceptors (Lipinski definition) is 6. The molecule has 1 amide bonds. The minimum Gasteiger partial charge on any atom is -0.329 e. The highest BCUT2D eigenvalue weighted by Crippen LogP contribution is 2.30. The lowest BCUT2D eigenvalue weighted by Gasteiger charge is -2.06. The van der Waals surface area contributed by atoms with Crippen LogP contribution in [0.25, 0.3) is 11.4 Å². The van der Waals surface area contributed by atoms with Crippen molar-refractivity contribution in [3.8, 4) is 11.4 Å². The van der Waals surface area contributed by atoms with Crippen LogP contribution in [0, 0.1) is 5.92 Å². The Morgan fingerprint density at radius 1 is 1.24 bits per heavy atom. The van der Waals surface area contributed by atoms with Gasteiger partial charge in [-0.2, -0.15) is 18.2 Å². The number of carbonyl (C=O) groups excluding carboxylic acids is 1. The van der Waals surface area contributed by atoms with Crippen LogP contribution in [-0.4, -0.2) is 30.2 Å². The summed E-state index contributed by atoms with van der Waals surface area (Å²) in [5, 5.41) is 3.22. The third-order valence-electron chi connectivity index (χ3n) is 3.47. The van der Waals surface area contributed by atoms with Crippen LogP contribution in [0.4, 0.5) is 13.2 Å². The van der Waals surface area contributed by atoms with Gasteiger partial charge in [-0.05, 0) is 30.9 Å². The van der Waals surface area contributed by atoms with E-state index in [-0.39, 0.29) is 28.6 Å². The van der Waals surface area contributed by atoms with E-state index >= 15 is 0 Å². The highest BCUT2D eigenvalue weighted by molar-refractivity contribution is 7.90. The van der Waals surface area contributed by atoms with Gasteiger partial charge in [0.15, 0.2) is 0 Å². The van der Waals surface area contributed by atoms with Crippen LogP contribution in [0.3, 0.4) is 0 Å². The van der Waals surface area contributed by atoms with Gasteiger partial charge in [0.25, 0.3) is 5.91 Å². The van der Waals surface area contributed by atoms with E-state index in [1.54, 1.807) is 0 Å². The van der Waals surface area contributed by atoms with Gasteiger partial charge in [0.05, 0.1) is 5.75 Å². The zero-order valence-electron chi connectivity index (χ0n) is 12.6. The summed E-state index contributed by atoms with van der Waals surface area (Å²) in [4.78, 5) is 15.2. The number of amides is 1. The van der Waals surface area contributed by atoms with Gasteiger partial charge in [-0.25, -0.2) is 13.1 Å². The number of carbonyl (C=O) groups is 1. The molecular weight excluding hydrogens is 363 g/mol. The van der Waals surface area contributed by atoms with E-state index in [0.29, 0.717) is 0 Å². The smallest absolute Gasteiger partial charge is 0.329 e. The minimum atomic E-state index is -4.75. The first kappa shape index (κ1) is 17.4. The quantitative estimate of drug-likeness (QED) is 0.860. The molecule has 11 heteroatoms. The van der Waals surface area contributed by atoms with Crippen LogP contribution in [-0.2, 0) is 16.2 Å². The van der Waals surface area contributed by atoms with Gasteiger partial charge in [-0.15, -0.1) is 0 Å². The molecule has 7 nitrogen and oxygen atoms in total. The molecule has 1 aromatic carbocycles. The van der Waals surface area contributed by atoms with Gasteiger partial charge >= 0.3 is 12.1 Å². The average Bonchev–Trinajstić information content (AvgIpc) is 3.16. The molecule has 0 saturated heterocycles. The molecule has 2 aromatic rings. The summed E-state index contributed by atoms with van der Waals surface area (Å²) >= 11 is 0. The Balaban J connectivity index is 1.71. The lowest BCUT2D eigenvalue weighted by atomic mass is 10.1. The number of rotatable bonds is 5. The standard InChI is InChI=1S/C14H12F3N3O4S/c15-14(16,17)13-18-11(19-24-13)9-3-5-10(6-4-9)12(21)20-25(22,23)7-8-1-2-8/h3-6,8H,1-2,7H2,(H,20,21). The van der Waals surface area contributed by atoms with E-state index in [1.807, 2.05) is 4.72 Å². The van der Waals surface area contributed by atoms with Crippen LogP contribution >= 0.6 is 0 Å². The normalized spacial score (nSPS) is 15.2. The molecule has 25 heavy (non-hydrogen) atoms. The Labute approximate surface area is 140 Å². The Hall–Kier alpha value is -2.43. The molecule has 0 spiro atoms. The van der Waals surface area contributed by atoms with Gasteiger partial charge in [-0.3, -0.25) is 4.79 Å². The molecular formula is C14H12F3N3O4S. The molecule has 1 heterocycles. The number of benzene rings is 1. The molecule has 0 unspecified atom stereocenters. The zero-order valence-corrected chi connectivity index (χ0v) is 13.4. The van der Waals surface area contributed by atoms with E-state index < -0.39 is 28.0 Å². The molecule has 0 radical (unpaired) electrons. The van der Waals surface area contributed by atoms with Crippen molar-refractivity contribution < 1.29 is 30.9 Å². The second-order valence-corrected chi connectivity index (χ2v) is 7.42. The average molecular weight is 375 g/mol. The maximum atomic E-state index is 12.4. The molecule has 1 aliphatic rings. The third kappa shape index (κ3) is 4.35. The summed E-state index contributed by atoms with van der Waals surface area (Å²) in [6.07, 6.45) is -3.09. The first-order chi connectivity index (χ1) is 11.6. The predicted octanol–water partition coefficient (Wildman–Crippen LogP) is 2.22. The third-order valence-corrected chi connectivity index (χ3v) is 4.88. The molecule has 0 aliphatic heterocycles. The highest BCUT2D eigenvalue weighted by atomic mass is 32.2. The number of hydrogen-bond donors (Lipinski definition) is 1. The van der Waals surface area contributed by atoms with E-state index in [1.165, 1.54) is 24.3 Å². The van der Waals surface area contributed by atoms with Gasteiger partial charge in [0.2, 0.25) is 15.8 Å². The Morgan fingerprint density at radius 2 is 1.88 bits per heavy atom. The van der Waals surface area contributed by atoms with Crippen molar-refractivity contribution in [1.82, 2.24) is 14.9 Å². The van der Waals surface area contributed by atoms with E-state index in [9.17, 15) is 26.4 Å². The van der Waals surface area contributed by atoms with E-state index in [0.717, 1.165) is 12.8 Å². The Bertz CT molecular complexity index is 887. The van der Waals surface area contributed by atoms with Crippen molar-refractivity contribution in [2.75, 3.05) is 5.75 Å². The van der Waals surface area contributed by atoms with Gasteiger partial charge < -0.3 is 4.52 Å². The maximum absolute atomic E-state index is 12.4. The van der Waals surface area contributed by atoms with Gasteiger partial charge in [-0.1, -0.05) is 17.3 Å². The topological polar surface area (TPSA) is 102 Å². The van der Waals surface area contributed by atoms with Crippen LogP contribution in [0.1, 0.15) is 29.1 Å². The van der Waals surface area contributed by atoms with E-state index in [2.05, 4.69) is 14.7 Å². The molecule has 0 bridgehead atoms. The first-order valence-corrected chi connectivity index (χ1v) is 8.85. The Kier molecular flexibility index (Phi) is 4.27. The summed E-state index contributed by atoms with van der Waals surface area (Å²) in [7, 11) is -3.71. The van der Waals surface area contributed by atoms with Crippen LogP contribution in [0.15, 0.2) is 28.8 Å². The highest BCUT2D eigenvalue weighted by Gasteiger charge is 2.38. The fourth-order valence-corrected chi connectivity index (χ4v) is 3.50. The maximum Gasteiger partial charge on any atom is 0.471 e. The molecule has 3 rings (SSSR count). The molecule has 0 atom stereocenters. The van der Waals surface area contributed by atoms with Crippen LogP contribution in [0.2, 0.25) is 0 Å². The Morgan fingerprint density at radius 3 is 2.40 bits per heavy atom. The fourth-order valence-electron chi connectivity index (χ4n) is 2.06. The number of alkyl halides is 3. The van der Waals surface area contributed by atoms with Gasteiger partial charge in [0.1, 0.15) is 0 Å². The summed E-state index contributed by atoms with van der Waals surface area (Å²) in [6, 6.07) is 5.13. The van der Waals surface area contributed by atoms with Crippen LogP contribution < -0.4 is 4.72 Å². The van der Waals surface area contributed by atoms with Crippen molar-refractivity contribution in [2.45, 2.75) is 19.0 Å². The SMILES string of the molecule is O=C(NS(=O)(=O)CC1CC1)c1ccc(-c2noc(C(F)(F)F)n2)cc1. The summed E-state index contributed by atoms with van der Waals surface area (Å²) < 4.78 is 66.9. The molecule has 1 fully saturated rings. The molecule has 1 saturated carbocycles. The monoisotopic (exact) mass is 375 g/mol. The van der Waals surface area contributed by atoms with Crippen molar-refractivity contribution in [3.05, 3.63) is 35.7 Å². The molecule has 1 aliphatic carbocycles. The summed E-state index contributed by atoms with van der Waals surface area (Å²) in [5.41, 5.74) is 0.235. The van der Waals surface area contributed by atoms with E-state index in [4.69, 9.17) is 0 Å². The second kappa shape index (κ2) is 6.14. The molecule has 1 aromatic heterocycles. The lowest BCUT2D eigenvalue weighted by molar-refractivity contribution is -0.159. The zero-order chi connectivity index (χ0) is 18.2. The predicted molar refractivity (Wildman–Crippen MR) is 78.7 cm³/mol. The number of aromatic nitrogens is 2. The summed E-state index contributed by atoms with van der Waals surface area (Å²) in [5.74, 6) is -2.58. The van der Waals surface area contributed by atoms with Crippen molar-refractivity contribution in [1.29, 1.82) is 0 Å². The number of nitrogens with zero attached hydrogens (tertiary/aromatic N) is 2. The minimum absolute atomic E-state index is 0.0441. The number of halogens is 3. The van der Waals surface area contributed by atoms with Gasteiger partial charge in [0, 0.05) is 11.1 Å². The van der Waals surface area contributed by atoms with Crippen molar-refractivity contribution in [2.24, 2.45) is 5.92 Å². The molecule has 134 valence electrons. The summed E-state index contributed by atoms with van der Waals surface area (Å²) in [6.45, 7) is 0. The molecule has 1 N–H and O–H groups in total. The first-order valence-electron chi connectivity index (χ1n) is 7.20. The second-order valence-electron chi connectivity index (χ2n) is 5.65. The van der Waals surface area contributed by atoms with Crippen molar-refractivity contribution >= 4 is 15.9 Å². The van der Waals surface area contributed by atoms with Crippen LogP contribution in [0.5, 0.6) is 0 Å². The largest absolute Gasteiger partial charge is 0.471 e. The lowest BCUT2D eigenvalue weighted by Crippen LogP contribution is -2.33. The number of nitrogens with one attached hydrogen (secondary N) is 1. The fraction of sp³-hybridized carbons (Fsp3) is 0.357. The number of sulfonamides is 1. The van der Waals surface area contributed by atoms with Crippen molar-refractivity contribution in [3.63, 3.8) is 0 Å².